The standard InChI is InChI=1S/C11H15NO3/c1-12(11(13)14)8-7-9-3-5-10(15-2)6-4-9/h3-6H,7-8H2,1-2H3,(H,13,14). The van der Waals surface area contributed by atoms with Gasteiger partial charge in [-0.15, -0.1) is 0 Å². The lowest BCUT2D eigenvalue weighted by Gasteiger charge is -2.12. The van der Waals surface area contributed by atoms with Crippen LogP contribution in [-0.4, -0.2) is 36.8 Å². The van der Waals surface area contributed by atoms with E-state index in [2.05, 4.69) is 0 Å². The lowest BCUT2D eigenvalue weighted by Crippen LogP contribution is -2.26. The summed E-state index contributed by atoms with van der Waals surface area (Å²) in [6, 6.07) is 7.62. The monoisotopic (exact) mass is 209 g/mol. The summed E-state index contributed by atoms with van der Waals surface area (Å²) in [5.74, 6) is 0.810. The molecule has 1 N–H and O–H groups in total. The van der Waals surface area contributed by atoms with Crippen LogP contribution in [0.15, 0.2) is 24.3 Å². The van der Waals surface area contributed by atoms with E-state index in [0.717, 1.165) is 11.3 Å². The van der Waals surface area contributed by atoms with E-state index in [1.165, 1.54) is 4.90 Å². The normalized spacial score (nSPS) is 9.73. The first-order valence-corrected chi connectivity index (χ1v) is 4.70. The molecule has 1 aromatic rings. The first-order chi connectivity index (χ1) is 7.13. The Morgan fingerprint density at radius 1 is 1.40 bits per heavy atom. The molecule has 1 rings (SSSR count). The first kappa shape index (κ1) is 11.4. The molecule has 1 aromatic carbocycles. The lowest BCUT2D eigenvalue weighted by atomic mass is 10.1. The van der Waals surface area contributed by atoms with Crippen LogP contribution >= 0.6 is 0 Å². The minimum atomic E-state index is -0.900. The molecule has 82 valence electrons. The van der Waals surface area contributed by atoms with Crippen molar-refractivity contribution in [3.05, 3.63) is 29.8 Å². The average Bonchev–Trinajstić information content (AvgIpc) is 2.26. The molecule has 0 aliphatic carbocycles. The number of nitrogens with zero attached hydrogens (tertiary/aromatic N) is 1. The number of ether oxygens (including phenoxy) is 1. The highest BCUT2D eigenvalue weighted by molar-refractivity contribution is 5.64. The molecule has 0 atom stereocenters. The summed E-state index contributed by atoms with van der Waals surface area (Å²) in [6.07, 6.45) is -0.184. The van der Waals surface area contributed by atoms with E-state index in [-0.39, 0.29) is 0 Å². The van der Waals surface area contributed by atoms with Gasteiger partial charge in [-0.05, 0) is 24.1 Å². The van der Waals surface area contributed by atoms with Crippen molar-refractivity contribution in [2.24, 2.45) is 0 Å². The van der Waals surface area contributed by atoms with Crippen molar-refractivity contribution in [3.63, 3.8) is 0 Å². The van der Waals surface area contributed by atoms with Crippen LogP contribution in [0.3, 0.4) is 0 Å². The summed E-state index contributed by atoms with van der Waals surface area (Å²) in [4.78, 5) is 11.8. The van der Waals surface area contributed by atoms with E-state index in [9.17, 15) is 4.79 Å². The van der Waals surface area contributed by atoms with E-state index < -0.39 is 6.09 Å². The Hall–Kier alpha value is -1.71. The summed E-state index contributed by atoms with van der Waals surface area (Å²) in [7, 11) is 3.18. The summed E-state index contributed by atoms with van der Waals surface area (Å²) in [6.45, 7) is 0.502. The van der Waals surface area contributed by atoms with Gasteiger partial charge in [0.25, 0.3) is 0 Å². The second-order valence-electron chi connectivity index (χ2n) is 3.30. The minimum absolute atomic E-state index is 0.502. The maximum absolute atomic E-state index is 10.5. The van der Waals surface area contributed by atoms with Gasteiger partial charge in [0, 0.05) is 13.6 Å². The molecule has 0 bridgehead atoms. The van der Waals surface area contributed by atoms with Gasteiger partial charge in [0.1, 0.15) is 5.75 Å². The molecule has 0 unspecified atom stereocenters. The Kier molecular flexibility index (Phi) is 3.97. The summed E-state index contributed by atoms with van der Waals surface area (Å²) >= 11 is 0. The third-order valence-corrected chi connectivity index (χ3v) is 2.22. The lowest BCUT2D eigenvalue weighted by molar-refractivity contribution is 0.156. The molecule has 15 heavy (non-hydrogen) atoms. The van der Waals surface area contributed by atoms with Crippen molar-refractivity contribution in [3.8, 4) is 5.75 Å². The van der Waals surface area contributed by atoms with Gasteiger partial charge in [-0.3, -0.25) is 0 Å². The molecule has 0 saturated heterocycles. The van der Waals surface area contributed by atoms with Gasteiger partial charge in [0.05, 0.1) is 7.11 Å². The van der Waals surface area contributed by atoms with Crippen LogP contribution in [0, 0.1) is 0 Å². The molecular weight excluding hydrogens is 194 g/mol. The molecule has 4 nitrogen and oxygen atoms in total. The highest BCUT2D eigenvalue weighted by Gasteiger charge is 2.04. The Labute approximate surface area is 89.1 Å². The van der Waals surface area contributed by atoms with Crippen molar-refractivity contribution in [1.29, 1.82) is 0 Å². The molecule has 0 aliphatic heterocycles. The van der Waals surface area contributed by atoms with Crippen molar-refractivity contribution < 1.29 is 14.6 Å². The smallest absolute Gasteiger partial charge is 0.407 e. The highest BCUT2D eigenvalue weighted by atomic mass is 16.5. The molecular formula is C11H15NO3. The molecule has 0 heterocycles. The number of methoxy groups -OCH3 is 1. The van der Waals surface area contributed by atoms with E-state index in [0.29, 0.717) is 13.0 Å². The van der Waals surface area contributed by atoms with Crippen LogP contribution in [-0.2, 0) is 6.42 Å². The molecule has 0 saturated carbocycles. The van der Waals surface area contributed by atoms with Crippen LogP contribution in [0.1, 0.15) is 5.56 Å². The first-order valence-electron chi connectivity index (χ1n) is 4.70. The predicted molar refractivity (Wildman–Crippen MR) is 57.4 cm³/mol. The van der Waals surface area contributed by atoms with Crippen molar-refractivity contribution in [2.45, 2.75) is 6.42 Å². The average molecular weight is 209 g/mol. The molecule has 0 radical (unpaired) electrons. The molecule has 4 heteroatoms. The van der Waals surface area contributed by atoms with Crippen LogP contribution in [0.25, 0.3) is 0 Å². The second kappa shape index (κ2) is 5.24. The Balaban J connectivity index is 2.47. The molecule has 0 fully saturated rings. The fourth-order valence-electron chi connectivity index (χ4n) is 1.18. The molecule has 0 aliphatic rings. The molecule has 0 aromatic heterocycles. The van der Waals surface area contributed by atoms with Gasteiger partial charge >= 0.3 is 6.09 Å². The number of amides is 1. The van der Waals surface area contributed by atoms with Crippen LogP contribution < -0.4 is 4.74 Å². The van der Waals surface area contributed by atoms with Gasteiger partial charge in [-0.2, -0.15) is 0 Å². The zero-order chi connectivity index (χ0) is 11.3. The SMILES string of the molecule is COc1ccc(CCN(C)C(=O)O)cc1. The van der Waals surface area contributed by atoms with E-state index in [4.69, 9.17) is 9.84 Å². The van der Waals surface area contributed by atoms with Gasteiger partial charge < -0.3 is 14.7 Å². The fraction of sp³-hybridized carbons (Fsp3) is 0.364. The van der Waals surface area contributed by atoms with Gasteiger partial charge in [0.15, 0.2) is 0 Å². The summed E-state index contributed by atoms with van der Waals surface area (Å²) in [5.41, 5.74) is 1.10. The van der Waals surface area contributed by atoms with Crippen LogP contribution in [0.4, 0.5) is 4.79 Å². The van der Waals surface area contributed by atoms with Gasteiger partial charge in [-0.1, -0.05) is 12.1 Å². The third-order valence-electron chi connectivity index (χ3n) is 2.22. The Morgan fingerprint density at radius 2 is 2.00 bits per heavy atom. The quantitative estimate of drug-likeness (QED) is 0.823. The van der Waals surface area contributed by atoms with Gasteiger partial charge in [0.2, 0.25) is 0 Å². The van der Waals surface area contributed by atoms with E-state index in [1.807, 2.05) is 24.3 Å². The van der Waals surface area contributed by atoms with Crippen molar-refractivity contribution in [1.82, 2.24) is 4.90 Å². The Morgan fingerprint density at radius 3 is 2.47 bits per heavy atom. The topological polar surface area (TPSA) is 49.8 Å². The minimum Gasteiger partial charge on any atom is -0.497 e. The number of carboxylic acid groups (broad SMARTS) is 1. The summed E-state index contributed by atoms with van der Waals surface area (Å²) in [5, 5.41) is 8.65. The van der Waals surface area contributed by atoms with E-state index in [1.54, 1.807) is 14.2 Å². The number of rotatable bonds is 4. The van der Waals surface area contributed by atoms with E-state index >= 15 is 0 Å². The fourth-order valence-corrected chi connectivity index (χ4v) is 1.18. The maximum Gasteiger partial charge on any atom is 0.407 e. The second-order valence-corrected chi connectivity index (χ2v) is 3.30. The highest BCUT2D eigenvalue weighted by Crippen LogP contribution is 2.11. The number of carbonyl (C=O) groups is 1. The summed E-state index contributed by atoms with van der Waals surface area (Å²) < 4.78 is 5.03. The largest absolute Gasteiger partial charge is 0.497 e. The number of benzene rings is 1. The number of hydrogen-bond donors (Lipinski definition) is 1. The van der Waals surface area contributed by atoms with Gasteiger partial charge in [-0.25, -0.2) is 4.79 Å². The maximum atomic E-state index is 10.5. The molecule has 0 spiro atoms. The third kappa shape index (κ3) is 3.50. The number of hydrogen-bond acceptors (Lipinski definition) is 2. The predicted octanol–water partition coefficient (Wildman–Crippen LogP) is 1.85. The van der Waals surface area contributed by atoms with Crippen molar-refractivity contribution >= 4 is 6.09 Å². The van der Waals surface area contributed by atoms with Crippen LogP contribution in [0.2, 0.25) is 0 Å². The number of likely N-dealkylation sites (N-methyl/N-ethyl adjacent to an activating group) is 1. The Bertz CT molecular complexity index is 321. The zero-order valence-electron chi connectivity index (χ0n) is 8.93. The zero-order valence-corrected chi connectivity index (χ0v) is 8.93. The molecule has 1 amide bonds. The van der Waals surface area contributed by atoms with Crippen LogP contribution in [0.5, 0.6) is 5.75 Å². The van der Waals surface area contributed by atoms with Crippen molar-refractivity contribution in [2.75, 3.05) is 20.7 Å².